The van der Waals surface area contributed by atoms with Gasteiger partial charge in [-0.15, -0.1) is 10.2 Å². The highest BCUT2D eigenvalue weighted by Crippen LogP contribution is 2.25. The Morgan fingerprint density at radius 3 is 2.35 bits per heavy atom. The summed E-state index contributed by atoms with van der Waals surface area (Å²) in [6, 6.07) is 3.81. The molecule has 108 valence electrons. The summed E-state index contributed by atoms with van der Waals surface area (Å²) in [5.41, 5.74) is 1.98. The maximum Gasteiger partial charge on any atom is 0.219 e. The number of aliphatic hydroxyl groups excluding tert-OH is 1. The van der Waals surface area contributed by atoms with Crippen molar-refractivity contribution in [3.63, 3.8) is 0 Å². The van der Waals surface area contributed by atoms with E-state index in [1.54, 1.807) is 0 Å². The molecule has 0 bridgehead atoms. The predicted octanol–water partition coefficient (Wildman–Crippen LogP) is 2.50. The van der Waals surface area contributed by atoms with E-state index >= 15 is 0 Å². The Morgan fingerprint density at radius 1 is 1.15 bits per heavy atom. The van der Waals surface area contributed by atoms with Crippen LogP contribution < -0.4 is 4.74 Å². The van der Waals surface area contributed by atoms with Crippen LogP contribution in [-0.2, 0) is 12.8 Å². The molecule has 0 radical (unpaired) electrons. The van der Waals surface area contributed by atoms with Gasteiger partial charge in [0.25, 0.3) is 0 Å². The van der Waals surface area contributed by atoms with Crippen molar-refractivity contribution in [2.45, 2.75) is 26.7 Å². The third-order valence-electron chi connectivity index (χ3n) is 2.83. The van der Waals surface area contributed by atoms with Crippen LogP contribution in [0.25, 0.3) is 0 Å². The van der Waals surface area contributed by atoms with E-state index in [4.69, 9.17) is 25.9 Å². The van der Waals surface area contributed by atoms with Crippen molar-refractivity contribution in [2.75, 3.05) is 13.2 Å². The molecular weight excluding hydrogens is 280 g/mol. The van der Waals surface area contributed by atoms with Crippen LogP contribution in [0.3, 0.4) is 0 Å². The number of aliphatic hydroxyl groups is 1. The van der Waals surface area contributed by atoms with Gasteiger partial charge in [0, 0.05) is 11.4 Å². The molecular formula is C14H17ClN2O3. The molecule has 1 aromatic heterocycles. The van der Waals surface area contributed by atoms with Crippen molar-refractivity contribution in [1.82, 2.24) is 10.2 Å². The third-order valence-corrected chi connectivity index (χ3v) is 3.43. The van der Waals surface area contributed by atoms with Crippen LogP contribution in [0.1, 0.15) is 22.9 Å². The number of nitrogens with zero attached hydrogens (tertiary/aromatic N) is 2. The van der Waals surface area contributed by atoms with E-state index in [9.17, 15) is 0 Å². The van der Waals surface area contributed by atoms with E-state index in [1.165, 1.54) is 0 Å². The van der Waals surface area contributed by atoms with Crippen LogP contribution in [0, 0.1) is 13.8 Å². The van der Waals surface area contributed by atoms with Crippen molar-refractivity contribution >= 4 is 11.6 Å². The smallest absolute Gasteiger partial charge is 0.219 e. The zero-order chi connectivity index (χ0) is 14.5. The average molecular weight is 297 g/mol. The highest BCUT2D eigenvalue weighted by molar-refractivity contribution is 6.32. The largest absolute Gasteiger partial charge is 0.493 e. The Morgan fingerprint density at radius 2 is 1.75 bits per heavy atom. The van der Waals surface area contributed by atoms with E-state index in [-0.39, 0.29) is 6.61 Å². The van der Waals surface area contributed by atoms with Crippen molar-refractivity contribution in [2.24, 2.45) is 0 Å². The van der Waals surface area contributed by atoms with Crippen molar-refractivity contribution in [3.8, 4) is 5.75 Å². The van der Waals surface area contributed by atoms with Crippen molar-refractivity contribution in [3.05, 3.63) is 40.1 Å². The molecule has 0 amide bonds. The molecule has 0 spiro atoms. The molecule has 5 nitrogen and oxygen atoms in total. The lowest BCUT2D eigenvalue weighted by Gasteiger charge is -2.09. The Kier molecular flexibility index (Phi) is 4.98. The molecule has 20 heavy (non-hydrogen) atoms. The van der Waals surface area contributed by atoms with E-state index in [0.29, 0.717) is 31.2 Å². The molecule has 0 unspecified atom stereocenters. The van der Waals surface area contributed by atoms with Crippen LogP contribution in [0.5, 0.6) is 5.75 Å². The molecule has 2 rings (SSSR count). The quantitative estimate of drug-likeness (QED) is 0.887. The summed E-state index contributed by atoms with van der Waals surface area (Å²) in [5.74, 6) is 1.73. The second kappa shape index (κ2) is 6.72. The maximum absolute atomic E-state index is 8.76. The summed E-state index contributed by atoms with van der Waals surface area (Å²) in [7, 11) is 0. The second-order valence-electron chi connectivity index (χ2n) is 4.53. The molecule has 6 heteroatoms. The summed E-state index contributed by atoms with van der Waals surface area (Å²) in [6.45, 7) is 4.34. The van der Waals surface area contributed by atoms with Crippen molar-refractivity contribution < 1.29 is 14.3 Å². The topological polar surface area (TPSA) is 68.4 Å². The van der Waals surface area contributed by atoms with E-state index < -0.39 is 0 Å². The molecule has 0 saturated carbocycles. The number of hydrogen-bond donors (Lipinski definition) is 1. The van der Waals surface area contributed by atoms with Crippen LogP contribution in [-0.4, -0.2) is 28.5 Å². The summed E-state index contributed by atoms with van der Waals surface area (Å²) in [6.07, 6.45) is 0.905. The SMILES string of the molecule is Cc1cc(OCCc2nnc(CCO)o2)cc(C)c1Cl. The number of ether oxygens (including phenoxy) is 1. The first-order chi connectivity index (χ1) is 9.60. The van der Waals surface area contributed by atoms with Crippen LogP contribution >= 0.6 is 11.6 Å². The Hall–Kier alpha value is -1.59. The Bertz CT molecular complexity index is 561. The minimum Gasteiger partial charge on any atom is -0.493 e. The first kappa shape index (κ1) is 14.8. The van der Waals surface area contributed by atoms with E-state index in [2.05, 4.69) is 10.2 Å². The van der Waals surface area contributed by atoms with E-state index in [0.717, 1.165) is 21.9 Å². The first-order valence-electron chi connectivity index (χ1n) is 6.42. The Balaban J connectivity index is 1.89. The van der Waals surface area contributed by atoms with Gasteiger partial charge in [0.15, 0.2) is 0 Å². The first-order valence-corrected chi connectivity index (χ1v) is 6.79. The summed E-state index contributed by atoms with van der Waals surface area (Å²) in [5, 5.41) is 17.2. The molecule has 1 N–H and O–H groups in total. The second-order valence-corrected chi connectivity index (χ2v) is 4.91. The fraction of sp³-hybridized carbons (Fsp3) is 0.429. The lowest BCUT2D eigenvalue weighted by molar-refractivity contribution is 0.278. The number of benzene rings is 1. The molecule has 0 fully saturated rings. The van der Waals surface area contributed by atoms with Gasteiger partial charge in [-0.05, 0) is 37.1 Å². The number of halogens is 1. The lowest BCUT2D eigenvalue weighted by atomic mass is 10.1. The third kappa shape index (κ3) is 3.71. The Labute approximate surface area is 122 Å². The van der Waals surface area contributed by atoms with Gasteiger partial charge in [-0.3, -0.25) is 0 Å². The fourth-order valence-corrected chi connectivity index (χ4v) is 1.94. The number of aromatic nitrogens is 2. The van der Waals surface area contributed by atoms with Gasteiger partial charge in [-0.1, -0.05) is 11.6 Å². The van der Waals surface area contributed by atoms with Gasteiger partial charge >= 0.3 is 0 Å². The van der Waals surface area contributed by atoms with Gasteiger partial charge < -0.3 is 14.3 Å². The van der Waals surface area contributed by atoms with Gasteiger partial charge in [-0.2, -0.15) is 0 Å². The van der Waals surface area contributed by atoms with Crippen LogP contribution in [0.15, 0.2) is 16.5 Å². The molecule has 0 atom stereocenters. The normalized spacial score (nSPS) is 10.8. The number of rotatable bonds is 6. The molecule has 0 saturated heterocycles. The van der Waals surface area contributed by atoms with Gasteiger partial charge in [0.05, 0.1) is 19.6 Å². The zero-order valence-corrected chi connectivity index (χ0v) is 12.3. The minimum absolute atomic E-state index is 0.00145. The molecule has 0 aliphatic carbocycles. The molecule has 2 aromatic rings. The molecule has 1 aromatic carbocycles. The number of hydrogen-bond acceptors (Lipinski definition) is 5. The summed E-state index contributed by atoms with van der Waals surface area (Å²) < 4.78 is 11.0. The summed E-state index contributed by atoms with van der Waals surface area (Å²) in [4.78, 5) is 0. The van der Waals surface area contributed by atoms with Crippen LogP contribution in [0.2, 0.25) is 5.02 Å². The highest BCUT2D eigenvalue weighted by atomic mass is 35.5. The molecule has 0 aliphatic rings. The van der Waals surface area contributed by atoms with Gasteiger partial charge in [0.1, 0.15) is 5.75 Å². The zero-order valence-electron chi connectivity index (χ0n) is 11.5. The standard InChI is InChI=1S/C14H17ClN2O3/c1-9-7-11(8-10(2)14(9)15)19-6-4-13-17-16-12(20-13)3-5-18/h7-8,18H,3-6H2,1-2H3. The number of aryl methyl sites for hydroxylation is 2. The molecule has 0 aliphatic heterocycles. The van der Waals surface area contributed by atoms with Gasteiger partial charge in [0.2, 0.25) is 11.8 Å². The lowest BCUT2D eigenvalue weighted by Crippen LogP contribution is -2.02. The maximum atomic E-state index is 8.76. The fourth-order valence-electron chi connectivity index (χ4n) is 1.83. The summed E-state index contributed by atoms with van der Waals surface area (Å²) >= 11 is 6.10. The van der Waals surface area contributed by atoms with Crippen molar-refractivity contribution in [1.29, 1.82) is 0 Å². The highest BCUT2D eigenvalue weighted by Gasteiger charge is 2.07. The molecule has 1 heterocycles. The monoisotopic (exact) mass is 296 g/mol. The average Bonchev–Trinajstić information content (AvgIpc) is 2.84. The minimum atomic E-state index is 0.00145. The predicted molar refractivity (Wildman–Crippen MR) is 75.2 cm³/mol. The van der Waals surface area contributed by atoms with E-state index in [1.807, 2.05) is 26.0 Å². The van der Waals surface area contributed by atoms with Crippen LogP contribution in [0.4, 0.5) is 0 Å². The van der Waals surface area contributed by atoms with Gasteiger partial charge in [-0.25, -0.2) is 0 Å².